The van der Waals surface area contributed by atoms with Gasteiger partial charge in [-0.15, -0.1) is 0 Å². The largest absolute Gasteiger partial charge is 0.314 e. The number of piperazine rings is 1. The van der Waals surface area contributed by atoms with Crippen LogP contribution in [0.2, 0.25) is 0 Å². The lowest BCUT2D eigenvalue weighted by molar-refractivity contribution is 0.233. The molecule has 0 atom stereocenters. The van der Waals surface area contributed by atoms with Crippen LogP contribution in [0.1, 0.15) is 38.8 Å². The Bertz CT molecular complexity index is 386. The number of rotatable bonds is 4. The van der Waals surface area contributed by atoms with Crippen LogP contribution in [-0.2, 0) is 12.0 Å². The van der Waals surface area contributed by atoms with E-state index in [0.29, 0.717) is 5.92 Å². The summed E-state index contributed by atoms with van der Waals surface area (Å²) in [5.41, 5.74) is 3.14. The van der Waals surface area contributed by atoms with E-state index in [9.17, 15) is 0 Å². The van der Waals surface area contributed by atoms with Gasteiger partial charge in [0.1, 0.15) is 0 Å². The highest BCUT2D eigenvalue weighted by Gasteiger charge is 2.24. The molecule has 0 spiro atoms. The van der Waals surface area contributed by atoms with E-state index in [-0.39, 0.29) is 5.41 Å². The first-order valence-corrected chi connectivity index (χ1v) is 7.52. The smallest absolute Gasteiger partial charge is 0.0234 e. The van der Waals surface area contributed by atoms with Crippen LogP contribution in [0.4, 0.5) is 0 Å². The first-order chi connectivity index (χ1) is 9.00. The van der Waals surface area contributed by atoms with E-state index >= 15 is 0 Å². The molecular weight excluding hydrogens is 232 g/mol. The SMILES string of the molecule is CC(C)C(C)(C)c1ccc(CN2CCNCC2)cc1. The van der Waals surface area contributed by atoms with Gasteiger partial charge in [-0.3, -0.25) is 4.90 Å². The summed E-state index contributed by atoms with van der Waals surface area (Å²) in [4.78, 5) is 2.53. The van der Waals surface area contributed by atoms with Crippen molar-refractivity contribution in [3.8, 4) is 0 Å². The van der Waals surface area contributed by atoms with Crippen molar-refractivity contribution in [3.63, 3.8) is 0 Å². The average Bonchev–Trinajstić information content (AvgIpc) is 2.40. The number of nitrogens with one attached hydrogen (secondary N) is 1. The molecule has 19 heavy (non-hydrogen) atoms. The molecule has 1 heterocycles. The third-order valence-corrected chi connectivity index (χ3v) is 4.76. The van der Waals surface area contributed by atoms with Crippen LogP contribution >= 0.6 is 0 Å². The summed E-state index contributed by atoms with van der Waals surface area (Å²) in [7, 11) is 0. The average molecular weight is 260 g/mol. The van der Waals surface area contributed by atoms with Gasteiger partial charge in [-0.2, -0.15) is 0 Å². The Hall–Kier alpha value is -0.860. The van der Waals surface area contributed by atoms with Gasteiger partial charge in [-0.1, -0.05) is 52.0 Å². The third-order valence-electron chi connectivity index (χ3n) is 4.76. The maximum Gasteiger partial charge on any atom is 0.0234 e. The second-order valence-electron chi connectivity index (χ2n) is 6.60. The number of nitrogens with zero attached hydrogens (tertiary/aromatic N) is 1. The Morgan fingerprint density at radius 1 is 1.11 bits per heavy atom. The van der Waals surface area contributed by atoms with Crippen LogP contribution in [0.5, 0.6) is 0 Å². The van der Waals surface area contributed by atoms with E-state index < -0.39 is 0 Å². The van der Waals surface area contributed by atoms with Crippen LogP contribution in [0.25, 0.3) is 0 Å². The Labute approximate surface area is 118 Å². The van der Waals surface area contributed by atoms with Gasteiger partial charge in [-0.05, 0) is 22.5 Å². The van der Waals surface area contributed by atoms with Crippen LogP contribution in [0.15, 0.2) is 24.3 Å². The summed E-state index contributed by atoms with van der Waals surface area (Å²) < 4.78 is 0. The summed E-state index contributed by atoms with van der Waals surface area (Å²) in [6, 6.07) is 9.25. The predicted octanol–water partition coefficient (Wildman–Crippen LogP) is 3.03. The zero-order valence-corrected chi connectivity index (χ0v) is 12.9. The van der Waals surface area contributed by atoms with Crippen molar-refractivity contribution in [3.05, 3.63) is 35.4 Å². The lowest BCUT2D eigenvalue weighted by Crippen LogP contribution is -2.42. The van der Waals surface area contributed by atoms with Crippen molar-refractivity contribution >= 4 is 0 Å². The maximum absolute atomic E-state index is 3.40. The minimum Gasteiger partial charge on any atom is -0.314 e. The predicted molar refractivity (Wildman–Crippen MR) is 82.5 cm³/mol. The van der Waals surface area contributed by atoms with E-state index in [2.05, 4.69) is 62.2 Å². The molecule has 0 radical (unpaired) electrons. The quantitative estimate of drug-likeness (QED) is 0.895. The molecule has 0 aromatic heterocycles. The Balaban J connectivity index is 2.02. The molecule has 0 amide bonds. The van der Waals surface area contributed by atoms with Crippen LogP contribution in [-0.4, -0.2) is 31.1 Å². The molecule has 1 aromatic carbocycles. The van der Waals surface area contributed by atoms with Gasteiger partial charge in [0.2, 0.25) is 0 Å². The van der Waals surface area contributed by atoms with Gasteiger partial charge in [-0.25, -0.2) is 0 Å². The number of hydrogen-bond donors (Lipinski definition) is 1. The minimum atomic E-state index is 0.258. The minimum absolute atomic E-state index is 0.258. The molecule has 0 saturated carbocycles. The second-order valence-corrected chi connectivity index (χ2v) is 6.60. The Kier molecular flexibility index (Phi) is 4.64. The lowest BCUT2D eigenvalue weighted by atomic mass is 9.75. The zero-order chi connectivity index (χ0) is 13.9. The van der Waals surface area contributed by atoms with Crippen LogP contribution < -0.4 is 5.32 Å². The number of hydrogen-bond acceptors (Lipinski definition) is 2. The molecule has 0 unspecified atom stereocenters. The summed E-state index contributed by atoms with van der Waals surface area (Å²) >= 11 is 0. The number of benzene rings is 1. The fraction of sp³-hybridized carbons (Fsp3) is 0.647. The molecule has 2 heteroatoms. The highest BCUT2D eigenvalue weighted by Crippen LogP contribution is 2.31. The van der Waals surface area contributed by atoms with Gasteiger partial charge in [0.25, 0.3) is 0 Å². The molecule has 106 valence electrons. The Morgan fingerprint density at radius 2 is 1.68 bits per heavy atom. The lowest BCUT2D eigenvalue weighted by Gasteiger charge is -2.30. The van der Waals surface area contributed by atoms with Gasteiger partial charge < -0.3 is 5.32 Å². The summed E-state index contributed by atoms with van der Waals surface area (Å²) in [6.07, 6.45) is 0. The summed E-state index contributed by atoms with van der Waals surface area (Å²) in [5, 5.41) is 3.40. The molecule has 0 bridgehead atoms. The van der Waals surface area contributed by atoms with Crippen molar-refractivity contribution in [2.45, 2.75) is 39.7 Å². The van der Waals surface area contributed by atoms with Crippen LogP contribution in [0, 0.1) is 5.92 Å². The van der Waals surface area contributed by atoms with Gasteiger partial charge in [0, 0.05) is 32.7 Å². The molecule has 2 rings (SSSR count). The van der Waals surface area contributed by atoms with Crippen molar-refractivity contribution in [2.75, 3.05) is 26.2 Å². The third kappa shape index (κ3) is 3.58. The van der Waals surface area contributed by atoms with E-state index in [0.717, 1.165) is 19.6 Å². The molecule has 1 aliphatic rings. The monoisotopic (exact) mass is 260 g/mol. The Morgan fingerprint density at radius 3 is 2.21 bits per heavy atom. The summed E-state index contributed by atoms with van der Waals surface area (Å²) in [5.74, 6) is 0.659. The van der Waals surface area contributed by atoms with Gasteiger partial charge in [0.15, 0.2) is 0 Å². The first-order valence-electron chi connectivity index (χ1n) is 7.52. The van der Waals surface area contributed by atoms with Crippen LogP contribution in [0.3, 0.4) is 0 Å². The van der Waals surface area contributed by atoms with E-state index in [1.54, 1.807) is 0 Å². The molecule has 0 aliphatic carbocycles. The molecule has 1 N–H and O–H groups in total. The second kappa shape index (κ2) is 6.06. The molecule has 1 fully saturated rings. The van der Waals surface area contributed by atoms with E-state index in [4.69, 9.17) is 0 Å². The van der Waals surface area contributed by atoms with Gasteiger partial charge in [0.05, 0.1) is 0 Å². The van der Waals surface area contributed by atoms with Gasteiger partial charge >= 0.3 is 0 Å². The standard InChI is InChI=1S/C17H28N2/c1-14(2)17(3,4)16-7-5-15(6-8-16)13-19-11-9-18-10-12-19/h5-8,14,18H,9-13H2,1-4H3. The first kappa shape index (κ1) is 14.5. The fourth-order valence-electron chi connectivity index (χ4n) is 2.50. The van der Waals surface area contributed by atoms with Crippen molar-refractivity contribution in [1.29, 1.82) is 0 Å². The fourth-order valence-corrected chi connectivity index (χ4v) is 2.50. The van der Waals surface area contributed by atoms with E-state index in [1.807, 2.05) is 0 Å². The molecule has 1 aromatic rings. The van der Waals surface area contributed by atoms with Crippen molar-refractivity contribution < 1.29 is 0 Å². The topological polar surface area (TPSA) is 15.3 Å². The molecule has 1 saturated heterocycles. The zero-order valence-electron chi connectivity index (χ0n) is 12.9. The maximum atomic E-state index is 3.40. The highest BCUT2D eigenvalue weighted by molar-refractivity contribution is 5.28. The van der Waals surface area contributed by atoms with E-state index in [1.165, 1.54) is 24.2 Å². The highest BCUT2D eigenvalue weighted by atomic mass is 15.2. The summed E-state index contributed by atoms with van der Waals surface area (Å²) in [6.45, 7) is 14.9. The molecular formula is C17H28N2. The van der Waals surface area contributed by atoms with Crippen molar-refractivity contribution in [2.24, 2.45) is 5.92 Å². The molecule has 2 nitrogen and oxygen atoms in total. The molecule has 1 aliphatic heterocycles. The normalized spacial score (nSPS) is 17.9. The van der Waals surface area contributed by atoms with Crippen molar-refractivity contribution in [1.82, 2.24) is 10.2 Å².